The van der Waals surface area contributed by atoms with Crippen LogP contribution < -0.4 is 10.2 Å². The molecule has 0 unspecified atom stereocenters. The Balaban J connectivity index is 1.40. The number of carbonyl (C=O) groups excluding carboxylic acids is 1. The van der Waals surface area contributed by atoms with E-state index in [2.05, 4.69) is 25.4 Å². The highest BCUT2D eigenvalue weighted by Gasteiger charge is 2.32. The van der Waals surface area contributed by atoms with Crippen LogP contribution in [0, 0.1) is 6.92 Å². The van der Waals surface area contributed by atoms with E-state index in [1.165, 1.54) is 12.3 Å². The van der Waals surface area contributed by atoms with Crippen LogP contribution in [0.1, 0.15) is 28.3 Å². The quantitative estimate of drug-likeness (QED) is 0.668. The molecule has 31 heavy (non-hydrogen) atoms. The van der Waals surface area contributed by atoms with E-state index in [1.54, 1.807) is 15.8 Å². The van der Waals surface area contributed by atoms with Crippen LogP contribution in [0.3, 0.4) is 0 Å². The van der Waals surface area contributed by atoms with Crippen molar-refractivity contribution in [1.82, 2.24) is 24.7 Å². The third-order valence-electron chi connectivity index (χ3n) is 4.91. The molecule has 8 nitrogen and oxygen atoms in total. The number of rotatable bonds is 5. The number of nitrogens with one attached hydrogen (secondary N) is 1. The van der Waals surface area contributed by atoms with E-state index in [1.807, 2.05) is 20.2 Å². The molecular formula is C20H20F3N7O. The second-order valence-electron chi connectivity index (χ2n) is 7.42. The lowest BCUT2D eigenvalue weighted by Crippen LogP contribution is -2.37. The predicted octanol–water partition coefficient (Wildman–Crippen LogP) is 2.62. The smallest absolute Gasteiger partial charge is 0.349 e. The zero-order valence-corrected chi connectivity index (χ0v) is 16.9. The molecule has 1 amide bonds. The van der Waals surface area contributed by atoms with Gasteiger partial charge in [-0.05, 0) is 30.5 Å². The highest BCUT2D eigenvalue weighted by atomic mass is 19.4. The fourth-order valence-electron chi connectivity index (χ4n) is 3.37. The summed E-state index contributed by atoms with van der Waals surface area (Å²) in [6.07, 6.45) is 1.56. The Bertz CT molecular complexity index is 1110. The molecule has 0 saturated heterocycles. The second kappa shape index (κ2) is 7.97. The van der Waals surface area contributed by atoms with E-state index >= 15 is 0 Å². The van der Waals surface area contributed by atoms with Crippen molar-refractivity contribution in [2.24, 2.45) is 0 Å². The minimum atomic E-state index is -4.45. The van der Waals surface area contributed by atoms with Gasteiger partial charge in [-0.2, -0.15) is 18.3 Å². The van der Waals surface area contributed by atoms with E-state index in [0.29, 0.717) is 48.0 Å². The Morgan fingerprint density at radius 2 is 1.94 bits per heavy atom. The number of hydrogen-bond acceptors (Lipinski definition) is 6. The summed E-state index contributed by atoms with van der Waals surface area (Å²) in [6.45, 7) is 2.40. The third-order valence-corrected chi connectivity index (χ3v) is 4.91. The SMILES string of the molecule is Cc1nc(CCc2cnn(Cc3ccc(C(F)(F)F)nc3)c2)nc2c1NC(=O)CN2C. The number of fused-ring (bicyclic) bond motifs is 1. The highest BCUT2D eigenvalue weighted by Crippen LogP contribution is 2.29. The van der Waals surface area contributed by atoms with Gasteiger partial charge in [0.25, 0.3) is 0 Å². The van der Waals surface area contributed by atoms with Crippen LogP contribution in [-0.2, 0) is 30.4 Å². The number of aryl methyl sites for hydroxylation is 3. The number of likely N-dealkylation sites (N-methyl/N-ethyl adjacent to an activating group) is 1. The Morgan fingerprint density at radius 3 is 2.65 bits per heavy atom. The number of alkyl halides is 3. The van der Waals surface area contributed by atoms with E-state index in [0.717, 1.165) is 11.6 Å². The molecule has 0 aliphatic carbocycles. The fraction of sp³-hybridized carbons (Fsp3) is 0.350. The summed E-state index contributed by atoms with van der Waals surface area (Å²) in [6, 6.07) is 2.37. The molecule has 3 aromatic heterocycles. The average Bonchev–Trinajstić information content (AvgIpc) is 3.14. The molecule has 0 atom stereocenters. The maximum Gasteiger partial charge on any atom is 0.433 e. The first kappa shape index (κ1) is 20.8. The topological polar surface area (TPSA) is 88.8 Å². The lowest BCUT2D eigenvalue weighted by Gasteiger charge is -2.27. The van der Waals surface area contributed by atoms with Crippen molar-refractivity contribution in [2.45, 2.75) is 32.5 Å². The summed E-state index contributed by atoms with van der Waals surface area (Å²) in [4.78, 5) is 26.0. The minimum Gasteiger partial charge on any atom is -0.349 e. The molecule has 1 aliphatic heterocycles. The Labute approximate surface area is 176 Å². The highest BCUT2D eigenvalue weighted by molar-refractivity contribution is 6.00. The molecule has 0 spiro atoms. The molecular weight excluding hydrogens is 411 g/mol. The molecule has 1 aliphatic rings. The maximum absolute atomic E-state index is 12.6. The zero-order chi connectivity index (χ0) is 22.2. The van der Waals surface area contributed by atoms with Crippen LogP contribution in [0.15, 0.2) is 30.7 Å². The third kappa shape index (κ3) is 4.65. The maximum atomic E-state index is 12.6. The summed E-state index contributed by atoms with van der Waals surface area (Å²) >= 11 is 0. The summed E-state index contributed by atoms with van der Waals surface area (Å²) < 4.78 is 39.5. The summed E-state index contributed by atoms with van der Waals surface area (Å²) in [7, 11) is 1.81. The van der Waals surface area contributed by atoms with Gasteiger partial charge >= 0.3 is 6.18 Å². The van der Waals surface area contributed by atoms with Gasteiger partial charge in [0.15, 0.2) is 5.82 Å². The molecule has 162 valence electrons. The Kier molecular flexibility index (Phi) is 5.34. The average molecular weight is 431 g/mol. The number of nitrogens with zero attached hydrogens (tertiary/aromatic N) is 6. The second-order valence-corrected chi connectivity index (χ2v) is 7.42. The largest absolute Gasteiger partial charge is 0.433 e. The molecule has 0 bridgehead atoms. The summed E-state index contributed by atoms with van der Waals surface area (Å²) in [5.41, 5.74) is 2.02. The molecule has 0 fully saturated rings. The van der Waals surface area contributed by atoms with Gasteiger partial charge in [-0.15, -0.1) is 0 Å². The van der Waals surface area contributed by atoms with Crippen molar-refractivity contribution in [1.29, 1.82) is 0 Å². The summed E-state index contributed by atoms with van der Waals surface area (Å²) in [5, 5.41) is 7.08. The number of aromatic nitrogens is 5. The molecule has 0 aromatic carbocycles. The lowest BCUT2D eigenvalue weighted by molar-refractivity contribution is -0.141. The number of amides is 1. The minimum absolute atomic E-state index is 0.0925. The van der Waals surface area contributed by atoms with Crippen molar-refractivity contribution < 1.29 is 18.0 Å². The standard InChI is InChI=1S/C20H20F3N7O/c1-12-18-19(29(2)11-17(31)28-18)27-16(26-12)6-4-14-8-25-30(10-14)9-13-3-5-15(24-7-13)20(21,22)23/h3,5,7-8,10H,4,6,9,11H2,1-2H3,(H,28,31). The molecule has 0 radical (unpaired) electrons. The normalized spacial score (nSPS) is 13.8. The molecule has 11 heteroatoms. The fourth-order valence-corrected chi connectivity index (χ4v) is 3.37. The van der Waals surface area contributed by atoms with E-state index in [-0.39, 0.29) is 12.5 Å². The molecule has 1 N–H and O–H groups in total. The van der Waals surface area contributed by atoms with Gasteiger partial charge in [-0.1, -0.05) is 6.07 Å². The zero-order valence-electron chi connectivity index (χ0n) is 16.9. The van der Waals surface area contributed by atoms with Crippen molar-refractivity contribution in [2.75, 3.05) is 23.8 Å². The Hall–Kier alpha value is -3.50. The first-order valence-corrected chi connectivity index (χ1v) is 9.61. The van der Waals surface area contributed by atoms with Gasteiger partial charge in [-0.3, -0.25) is 14.5 Å². The first-order valence-electron chi connectivity index (χ1n) is 9.61. The molecule has 3 aromatic rings. The number of halogens is 3. The number of hydrogen-bond donors (Lipinski definition) is 1. The van der Waals surface area contributed by atoms with E-state index < -0.39 is 11.9 Å². The summed E-state index contributed by atoms with van der Waals surface area (Å²) in [5.74, 6) is 1.27. The first-order chi connectivity index (χ1) is 14.7. The van der Waals surface area contributed by atoms with E-state index in [4.69, 9.17) is 0 Å². The molecule has 4 rings (SSSR count). The van der Waals surface area contributed by atoms with Crippen molar-refractivity contribution in [3.8, 4) is 0 Å². The Morgan fingerprint density at radius 1 is 1.13 bits per heavy atom. The molecule has 4 heterocycles. The number of pyridine rings is 1. The van der Waals surface area contributed by atoms with Gasteiger partial charge in [0.05, 0.1) is 25.0 Å². The van der Waals surface area contributed by atoms with Gasteiger partial charge in [0, 0.05) is 25.9 Å². The monoisotopic (exact) mass is 431 g/mol. The van der Waals surface area contributed by atoms with Crippen LogP contribution >= 0.6 is 0 Å². The van der Waals surface area contributed by atoms with Gasteiger partial charge in [-0.25, -0.2) is 9.97 Å². The number of anilines is 2. The van der Waals surface area contributed by atoms with Gasteiger partial charge in [0.2, 0.25) is 5.91 Å². The lowest BCUT2D eigenvalue weighted by atomic mass is 10.2. The number of carbonyl (C=O) groups is 1. The van der Waals surface area contributed by atoms with Crippen LogP contribution in [0.4, 0.5) is 24.7 Å². The van der Waals surface area contributed by atoms with E-state index in [9.17, 15) is 18.0 Å². The van der Waals surface area contributed by atoms with Crippen molar-refractivity contribution in [3.05, 3.63) is 59.1 Å². The van der Waals surface area contributed by atoms with Gasteiger partial charge in [0.1, 0.15) is 17.2 Å². The van der Waals surface area contributed by atoms with Crippen molar-refractivity contribution in [3.63, 3.8) is 0 Å². The van der Waals surface area contributed by atoms with Crippen LogP contribution in [0.25, 0.3) is 0 Å². The predicted molar refractivity (Wildman–Crippen MR) is 107 cm³/mol. The van der Waals surface area contributed by atoms with Crippen molar-refractivity contribution >= 4 is 17.4 Å². The van der Waals surface area contributed by atoms with Gasteiger partial charge < -0.3 is 10.2 Å². The van der Waals surface area contributed by atoms with Crippen LogP contribution in [0.2, 0.25) is 0 Å². The molecule has 0 saturated carbocycles. The van der Waals surface area contributed by atoms with Crippen LogP contribution in [0.5, 0.6) is 0 Å². The van der Waals surface area contributed by atoms with Crippen LogP contribution in [-0.4, -0.2) is 44.2 Å².